The predicted molar refractivity (Wildman–Crippen MR) is 77.6 cm³/mol. The number of rotatable bonds is 5. The van der Waals surface area contributed by atoms with Crippen molar-refractivity contribution in [3.05, 3.63) is 27.7 Å². The molecule has 0 fully saturated rings. The van der Waals surface area contributed by atoms with Crippen LogP contribution in [-0.4, -0.2) is 26.5 Å². The Morgan fingerprint density at radius 3 is 2.65 bits per heavy atom. The Labute approximate surface area is 122 Å². The van der Waals surface area contributed by atoms with Gasteiger partial charge in [-0.1, -0.05) is 32.9 Å². The summed E-state index contributed by atoms with van der Waals surface area (Å²) in [6.45, 7) is 8.19. The SMILES string of the molecule is CC(C)c1ccsc1C(=O)NC(c1nn[nH]n1)C(C)C. The van der Waals surface area contributed by atoms with Crippen molar-refractivity contribution in [2.45, 2.75) is 39.7 Å². The van der Waals surface area contributed by atoms with E-state index in [0.29, 0.717) is 11.7 Å². The number of tetrazole rings is 1. The molecule has 0 saturated carbocycles. The first-order valence-electron chi connectivity index (χ1n) is 6.62. The second kappa shape index (κ2) is 6.13. The molecule has 0 aliphatic carbocycles. The van der Waals surface area contributed by atoms with Gasteiger partial charge in [0.05, 0.1) is 10.9 Å². The number of nitrogens with one attached hydrogen (secondary N) is 2. The van der Waals surface area contributed by atoms with Crippen LogP contribution in [0.2, 0.25) is 0 Å². The summed E-state index contributed by atoms with van der Waals surface area (Å²) in [6, 6.07) is 1.76. The summed E-state index contributed by atoms with van der Waals surface area (Å²) in [7, 11) is 0. The van der Waals surface area contributed by atoms with Crippen LogP contribution in [0.1, 0.15) is 60.7 Å². The first-order valence-corrected chi connectivity index (χ1v) is 7.50. The van der Waals surface area contributed by atoms with Crippen molar-refractivity contribution in [2.75, 3.05) is 0 Å². The molecule has 7 heteroatoms. The highest BCUT2D eigenvalue weighted by molar-refractivity contribution is 7.12. The van der Waals surface area contributed by atoms with Gasteiger partial charge in [-0.15, -0.1) is 21.5 Å². The van der Waals surface area contributed by atoms with Crippen LogP contribution in [0.5, 0.6) is 0 Å². The molecule has 0 saturated heterocycles. The van der Waals surface area contributed by atoms with Gasteiger partial charge in [-0.05, 0) is 28.8 Å². The largest absolute Gasteiger partial charge is 0.341 e. The quantitative estimate of drug-likeness (QED) is 0.887. The molecule has 6 nitrogen and oxygen atoms in total. The third kappa shape index (κ3) is 3.04. The van der Waals surface area contributed by atoms with Gasteiger partial charge in [-0.25, -0.2) is 0 Å². The number of thiophene rings is 1. The van der Waals surface area contributed by atoms with Crippen LogP contribution in [0.4, 0.5) is 0 Å². The molecule has 2 aromatic heterocycles. The Morgan fingerprint density at radius 1 is 1.35 bits per heavy atom. The Bertz CT molecular complexity index is 561. The van der Waals surface area contributed by atoms with Crippen molar-refractivity contribution >= 4 is 17.2 Å². The van der Waals surface area contributed by atoms with E-state index in [1.54, 1.807) is 0 Å². The molecular weight excluding hydrogens is 274 g/mol. The number of amides is 1. The van der Waals surface area contributed by atoms with E-state index < -0.39 is 0 Å². The van der Waals surface area contributed by atoms with Crippen molar-refractivity contribution in [1.29, 1.82) is 0 Å². The Kier molecular flexibility index (Phi) is 4.49. The van der Waals surface area contributed by atoms with Crippen LogP contribution in [0.25, 0.3) is 0 Å². The van der Waals surface area contributed by atoms with E-state index in [1.807, 2.05) is 25.3 Å². The lowest BCUT2D eigenvalue weighted by molar-refractivity contribution is 0.0926. The summed E-state index contributed by atoms with van der Waals surface area (Å²) in [6.07, 6.45) is 0. The second-order valence-electron chi connectivity index (χ2n) is 5.32. The normalized spacial score (nSPS) is 12.9. The second-order valence-corrected chi connectivity index (χ2v) is 6.24. The summed E-state index contributed by atoms with van der Waals surface area (Å²) in [4.78, 5) is 13.2. The third-order valence-electron chi connectivity index (χ3n) is 3.12. The van der Waals surface area contributed by atoms with Gasteiger partial charge in [-0.3, -0.25) is 4.79 Å². The van der Waals surface area contributed by atoms with Gasteiger partial charge in [0.1, 0.15) is 0 Å². The molecule has 1 atom stereocenters. The molecule has 0 spiro atoms. The van der Waals surface area contributed by atoms with Gasteiger partial charge < -0.3 is 5.32 Å². The van der Waals surface area contributed by atoms with Gasteiger partial charge in [0.2, 0.25) is 0 Å². The van der Waals surface area contributed by atoms with E-state index >= 15 is 0 Å². The highest BCUT2D eigenvalue weighted by Gasteiger charge is 2.25. The first-order chi connectivity index (χ1) is 9.50. The van der Waals surface area contributed by atoms with Gasteiger partial charge in [0, 0.05) is 0 Å². The van der Waals surface area contributed by atoms with Crippen molar-refractivity contribution in [3.8, 4) is 0 Å². The van der Waals surface area contributed by atoms with Crippen molar-refractivity contribution < 1.29 is 4.79 Å². The number of carbonyl (C=O) groups excluding carboxylic acids is 1. The molecule has 0 aliphatic rings. The van der Waals surface area contributed by atoms with E-state index in [1.165, 1.54) is 11.3 Å². The van der Waals surface area contributed by atoms with Crippen molar-refractivity contribution in [1.82, 2.24) is 25.9 Å². The van der Waals surface area contributed by atoms with E-state index in [0.717, 1.165) is 10.4 Å². The Balaban J connectivity index is 2.19. The average molecular weight is 293 g/mol. The molecular formula is C13H19N5OS. The topological polar surface area (TPSA) is 83.6 Å². The minimum absolute atomic E-state index is 0.0767. The summed E-state index contributed by atoms with van der Waals surface area (Å²) in [5.74, 6) is 0.937. The standard InChI is InChI=1S/C13H19N5OS/c1-7(2)9-5-6-20-11(9)13(19)14-10(8(3)4)12-15-17-18-16-12/h5-8,10H,1-4H3,(H,14,19)(H,15,16,17,18). The maximum atomic E-state index is 12.5. The van der Waals surface area contributed by atoms with Gasteiger partial charge in [0.25, 0.3) is 5.91 Å². The number of nitrogens with zero attached hydrogens (tertiary/aromatic N) is 3. The highest BCUT2D eigenvalue weighted by Crippen LogP contribution is 2.26. The van der Waals surface area contributed by atoms with Crippen LogP contribution >= 0.6 is 11.3 Å². The minimum Gasteiger partial charge on any atom is -0.341 e. The zero-order chi connectivity index (χ0) is 14.7. The van der Waals surface area contributed by atoms with Crippen LogP contribution in [-0.2, 0) is 0 Å². The fourth-order valence-corrected chi connectivity index (χ4v) is 2.95. The predicted octanol–water partition coefficient (Wildman–Crippen LogP) is 2.51. The van der Waals surface area contributed by atoms with E-state index in [4.69, 9.17) is 0 Å². The number of aromatic nitrogens is 4. The number of aromatic amines is 1. The van der Waals surface area contributed by atoms with Crippen LogP contribution in [0.3, 0.4) is 0 Å². The number of hydrogen-bond acceptors (Lipinski definition) is 5. The molecule has 2 aromatic rings. The lowest BCUT2D eigenvalue weighted by Crippen LogP contribution is -2.32. The molecule has 2 rings (SSSR count). The first kappa shape index (κ1) is 14.6. The summed E-state index contributed by atoms with van der Waals surface area (Å²) < 4.78 is 0. The number of hydrogen-bond donors (Lipinski definition) is 2. The smallest absolute Gasteiger partial charge is 0.262 e. The molecule has 20 heavy (non-hydrogen) atoms. The van der Waals surface area contributed by atoms with Crippen LogP contribution in [0.15, 0.2) is 11.4 Å². The van der Waals surface area contributed by atoms with Gasteiger partial charge >= 0.3 is 0 Å². The monoisotopic (exact) mass is 293 g/mol. The molecule has 2 heterocycles. The maximum Gasteiger partial charge on any atom is 0.262 e. The fourth-order valence-electron chi connectivity index (χ4n) is 2.00. The molecule has 1 amide bonds. The van der Waals surface area contributed by atoms with E-state index in [9.17, 15) is 4.79 Å². The van der Waals surface area contributed by atoms with Crippen molar-refractivity contribution in [2.24, 2.45) is 5.92 Å². The van der Waals surface area contributed by atoms with Gasteiger partial charge in [0.15, 0.2) is 5.82 Å². The van der Waals surface area contributed by atoms with Crippen LogP contribution < -0.4 is 5.32 Å². The molecule has 0 aromatic carbocycles. The summed E-state index contributed by atoms with van der Waals surface area (Å²) in [5.41, 5.74) is 1.07. The van der Waals surface area contributed by atoms with Crippen LogP contribution in [0, 0.1) is 5.92 Å². The third-order valence-corrected chi connectivity index (χ3v) is 4.05. The molecule has 0 aliphatic heterocycles. The fraction of sp³-hybridized carbons (Fsp3) is 0.538. The van der Waals surface area contributed by atoms with E-state index in [2.05, 4.69) is 39.8 Å². The molecule has 0 bridgehead atoms. The zero-order valence-corrected chi connectivity index (χ0v) is 12.9. The van der Waals surface area contributed by atoms with Gasteiger partial charge in [-0.2, -0.15) is 5.21 Å². The van der Waals surface area contributed by atoms with Crippen molar-refractivity contribution in [3.63, 3.8) is 0 Å². The lowest BCUT2D eigenvalue weighted by atomic mass is 10.0. The average Bonchev–Trinajstić information content (AvgIpc) is 3.05. The summed E-state index contributed by atoms with van der Waals surface area (Å²) in [5, 5.41) is 18.9. The Hall–Kier alpha value is -1.76. The molecule has 1 unspecified atom stereocenters. The number of H-pyrrole nitrogens is 1. The minimum atomic E-state index is -0.247. The molecule has 108 valence electrons. The molecule has 0 radical (unpaired) electrons. The summed E-state index contributed by atoms with van der Waals surface area (Å²) >= 11 is 1.46. The number of carbonyl (C=O) groups is 1. The van der Waals surface area contributed by atoms with E-state index in [-0.39, 0.29) is 17.9 Å². The Morgan fingerprint density at radius 2 is 2.10 bits per heavy atom. The lowest BCUT2D eigenvalue weighted by Gasteiger charge is -2.19. The molecule has 2 N–H and O–H groups in total. The maximum absolute atomic E-state index is 12.5. The highest BCUT2D eigenvalue weighted by atomic mass is 32.1. The zero-order valence-electron chi connectivity index (χ0n) is 12.0.